The van der Waals surface area contributed by atoms with E-state index in [1.165, 1.54) is 10.8 Å². The number of hydrogen-bond acceptors (Lipinski definition) is 4. The van der Waals surface area contributed by atoms with Crippen LogP contribution in [0, 0.1) is 6.92 Å². The highest BCUT2D eigenvalue weighted by molar-refractivity contribution is 7.99. The molecule has 0 unspecified atom stereocenters. The van der Waals surface area contributed by atoms with Crippen LogP contribution in [0.25, 0.3) is 21.9 Å². The van der Waals surface area contributed by atoms with E-state index in [1.807, 2.05) is 61.7 Å². The van der Waals surface area contributed by atoms with E-state index in [0.717, 1.165) is 26.5 Å². The molecule has 0 aliphatic carbocycles. The van der Waals surface area contributed by atoms with Crippen LogP contribution in [0.4, 0.5) is 0 Å². The molecule has 0 bridgehead atoms. The molecule has 1 amide bonds. The van der Waals surface area contributed by atoms with E-state index in [0.29, 0.717) is 17.7 Å². The maximum Gasteiger partial charge on any atom is 0.326 e. The van der Waals surface area contributed by atoms with Crippen LogP contribution < -0.4 is 5.32 Å². The van der Waals surface area contributed by atoms with Crippen LogP contribution in [-0.4, -0.2) is 35.0 Å². The number of carbonyl (C=O) groups excluding carboxylic acids is 1. The van der Waals surface area contributed by atoms with Gasteiger partial charge in [-0.05, 0) is 83.1 Å². The third-order valence-corrected chi connectivity index (χ3v) is 7.46. The maximum atomic E-state index is 13.3. The number of nitrogens with one attached hydrogen (secondary N) is 1. The SMILES string of the molecule is CSCC[C@H](NC(=O)c1ccc(Sc2ccc3ccccc3c2)cc1-c1ccccc1C)C(=O)O. The zero-order valence-electron chi connectivity index (χ0n) is 19.7. The monoisotopic (exact) mass is 501 g/mol. The van der Waals surface area contributed by atoms with Crippen molar-refractivity contribution in [3.63, 3.8) is 0 Å². The molecule has 0 aromatic heterocycles. The Kier molecular flexibility index (Phi) is 8.16. The molecule has 4 aromatic rings. The van der Waals surface area contributed by atoms with Crippen molar-refractivity contribution in [1.82, 2.24) is 5.32 Å². The minimum atomic E-state index is -1.02. The van der Waals surface area contributed by atoms with E-state index in [1.54, 1.807) is 29.6 Å². The third kappa shape index (κ3) is 6.08. The molecule has 6 heteroatoms. The van der Waals surface area contributed by atoms with Crippen LogP contribution in [0.1, 0.15) is 22.3 Å². The van der Waals surface area contributed by atoms with Crippen LogP contribution in [0.2, 0.25) is 0 Å². The number of carboxylic acids is 1. The topological polar surface area (TPSA) is 66.4 Å². The number of aliphatic carboxylic acids is 1. The summed E-state index contributed by atoms with van der Waals surface area (Å²) in [4.78, 5) is 27.1. The highest BCUT2D eigenvalue weighted by Crippen LogP contribution is 2.35. The molecule has 0 heterocycles. The average molecular weight is 502 g/mol. The molecular formula is C29H27NO3S2. The standard InChI is InChI=1S/C29H27NO3S2/c1-19-7-3-6-10-24(19)26-18-23(35-22-12-11-20-8-4-5-9-21(20)17-22)13-14-25(26)28(31)30-27(29(32)33)15-16-34-2/h3-14,17-18,27H,15-16H2,1-2H3,(H,30,31)(H,32,33)/t27-/m0/s1. The summed E-state index contributed by atoms with van der Waals surface area (Å²) in [7, 11) is 0. The molecule has 4 nitrogen and oxygen atoms in total. The number of aryl methyl sites for hydroxylation is 1. The number of thioether (sulfide) groups is 1. The summed E-state index contributed by atoms with van der Waals surface area (Å²) >= 11 is 3.20. The first-order chi connectivity index (χ1) is 17.0. The molecule has 0 saturated carbocycles. The van der Waals surface area contributed by atoms with Crippen LogP contribution in [0.3, 0.4) is 0 Å². The van der Waals surface area contributed by atoms with Crippen molar-refractivity contribution in [2.45, 2.75) is 29.2 Å². The van der Waals surface area contributed by atoms with Gasteiger partial charge in [-0.25, -0.2) is 4.79 Å². The summed E-state index contributed by atoms with van der Waals surface area (Å²) in [5, 5.41) is 14.7. The summed E-state index contributed by atoms with van der Waals surface area (Å²) in [6.07, 6.45) is 2.29. The zero-order chi connectivity index (χ0) is 24.8. The van der Waals surface area contributed by atoms with Gasteiger partial charge in [-0.15, -0.1) is 0 Å². The second-order valence-corrected chi connectivity index (χ2v) is 10.4. The third-order valence-electron chi connectivity index (χ3n) is 5.84. The number of rotatable bonds is 9. The lowest BCUT2D eigenvalue weighted by molar-refractivity contribution is -0.139. The summed E-state index contributed by atoms with van der Waals surface area (Å²) in [5.41, 5.74) is 3.26. The van der Waals surface area contributed by atoms with Gasteiger partial charge in [0, 0.05) is 15.4 Å². The molecule has 35 heavy (non-hydrogen) atoms. The number of carbonyl (C=O) groups is 2. The second-order valence-electron chi connectivity index (χ2n) is 8.28. The van der Waals surface area contributed by atoms with Crippen molar-refractivity contribution >= 4 is 46.2 Å². The lowest BCUT2D eigenvalue weighted by Gasteiger charge is -2.17. The van der Waals surface area contributed by atoms with Gasteiger partial charge in [-0.2, -0.15) is 11.8 Å². The average Bonchev–Trinajstić information content (AvgIpc) is 2.86. The summed E-state index contributed by atoms with van der Waals surface area (Å²) in [6.45, 7) is 2.01. The van der Waals surface area contributed by atoms with E-state index in [4.69, 9.17) is 0 Å². The van der Waals surface area contributed by atoms with Gasteiger partial charge >= 0.3 is 5.97 Å². The Bertz CT molecular complexity index is 1370. The Hall–Kier alpha value is -3.22. The van der Waals surface area contributed by atoms with Gasteiger partial charge in [0.05, 0.1) is 0 Å². The molecule has 0 aliphatic rings. The molecular weight excluding hydrogens is 474 g/mol. The Morgan fingerprint density at radius 2 is 1.54 bits per heavy atom. The van der Waals surface area contributed by atoms with Crippen molar-refractivity contribution < 1.29 is 14.7 Å². The van der Waals surface area contributed by atoms with Gasteiger partial charge in [-0.3, -0.25) is 4.79 Å². The van der Waals surface area contributed by atoms with Gasteiger partial charge in [0.15, 0.2) is 0 Å². The first-order valence-corrected chi connectivity index (χ1v) is 13.6. The van der Waals surface area contributed by atoms with E-state index < -0.39 is 12.0 Å². The smallest absolute Gasteiger partial charge is 0.326 e. The highest BCUT2D eigenvalue weighted by atomic mass is 32.2. The molecule has 4 rings (SSSR count). The van der Waals surface area contributed by atoms with E-state index in [-0.39, 0.29) is 5.91 Å². The molecule has 1 atom stereocenters. The summed E-state index contributed by atoms with van der Waals surface area (Å²) in [5.74, 6) is -0.740. The molecule has 0 aliphatic heterocycles. The second kappa shape index (κ2) is 11.5. The predicted molar refractivity (Wildman–Crippen MR) is 147 cm³/mol. The van der Waals surface area contributed by atoms with Crippen LogP contribution in [0.15, 0.2) is 94.7 Å². The summed E-state index contributed by atoms with van der Waals surface area (Å²) in [6, 6.07) is 27.4. The van der Waals surface area contributed by atoms with Gasteiger partial charge in [0.2, 0.25) is 0 Å². The fourth-order valence-electron chi connectivity index (χ4n) is 3.98. The Morgan fingerprint density at radius 1 is 0.857 bits per heavy atom. The Balaban J connectivity index is 1.69. The quantitative estimate of drug-likeness (QED) is 0.261. The summed E-state index contributed by atoms with van der Waals surface area (Å²) < 4.78 is 0. The maximum absolute atomic E-state index is 13.3. The van der Waals surface area contributed by atoms with Crippen molar-refractivity contribution in [2.75, 3.05) is 12.0 Å². The molecule has 0 radical (unpaired) electrons. The minimum Gasteiger partial charge on any atom is -0.480 e. The van der Waals surface area contributed by atoms with E-state index in [9.17, 15) is 14.7 Å². The molecule has 0 fully saturated rings. The van der Waals surface area contributed by atoms with Gasteiger partial charge in [-0.1, -0.05) is 66.4 Å². The number of benzene rings is 4. The van der Waals surface area contributed by atoms with Gasteiger partial charge in [0.1, 0.15) is 6.04 Å². The minimum absolute atomic E-state index is 0.373. The van der Waals surface area contributed by atoms with E-state index >= 15 is 0 Å². The van der Waals surface area contributed by atoms with E-state index in [2.05, 4.69) is 35.6 Å². The molecule has 4 aromatic carbocycles. The molecule has 178 valence electrons. The van der Waals surface area contributed by atoms with Crippen molar-refractivity contribution in [3.05, 3.63) is 96.1 Å². The van der Waals surface area contributed by atoms with Crippen molar-refractivity contribution in [2.24, 2.45) is 0 Å². The fourth-order valence-corrected chi connectivity index (χ4v) is 5.36. The first-order valence-electron chi connectivity index (χ1n) is 11.4. The van der Waals surface area contributed by atoms with Crippen molar-refractivity contribution in [1.29, 1.82) is 0 Å². The molecule has 0 saturated heterocycles. The van der Waals surface area contributed by atoms with Gasteiger partial charge < -0.3 is 10.4 Å². The molecule has 2 N–H and O–H groups in total. The largest absolute Gasteiger partial charge is 0.480 e. The highest BCUT2D eigenvalue weighted by Gasteiger charge is 2.23. The normalized spacial score (nSPS) is 11.8. The lowest BCUT2D eigenvalue weighted by Crippen LogP contribution is -2.41. The fraction of sp³-hybridized carbons (Fsp3) is 0.172. The number of hydrogen-bond donors (Lipinski definition) is 2. The Morgan fingerprint density at radius 3 is 2.29 bits per heavy atom. The Labute approximate surface area is 214 Å². The predicted octanol–water partition coefficient (Wildman–Crippen LogP) is 6.90. The van der Waals surface area contributed by atoms with Crippen LogP contribution in [-0.2, 0) is 4.79 Å². The van der Waals surface area contributed by atoms with Crippen LogP contribution in [0.5, 0.6) is 0 Å². The number of amides is 1. The number of carboxylic acid groups (broad SMARTS) is 1. The molecule has 0 spiro atoms. The van der Waals surface area contributed by atoms with Crippen molar-refractivity contribution in [3.8, 4) is 11.1 Å². The van der Waals surface area contributed by atoms with Gasteiger partial charge in [0.25, 0.3) is 5.91 Å². The lowest BCUT2D eigenvalue weighted by atomic mass is 9.95. The first kappa shape index (κ1) is 24.9. The van der Waals surface area contributed by atoms with Crippen LogP contribution >= 0.6 is 23.5 Å². The number of fused-ring (bicyclic) bond motifs is 1. The zero-order valence-corrected chi connectivity index (χ0v) is 21.3.